The Kier molecular flexibility index (Phi) is 5.22. The third-order valence-electron chi connectivity index (χ3n) is 4.51. The number of carbonyl (C=O) groups excluding carboxylic acids is 2. The van der Waals surface area contributed by atoms with Gasteiger partial charge in [-0.05, 0) is 61.2 Å². The van der Waals surface area contributed by atoms with Gasteiger partial charge in [0.15, 0.2) is 0 Å². The Morgan fingerprint density at radius 3 is 2.52 bits per heavy atom. The van der Waals surface area contributed by atoms with Gasteiger partial charge >= 0.3 is 12.1 Å². The van der Waals surface area contributed by atoms with Crippen LogP contribution in [0.25, 0.3) is 16.3 Å². The molecule has 0 N–H and O–H groups in total. The normalized spacial score (nSPS) is 14.7. The van der Waals surface area contributed by atoms with Gasteiger partial charge in [0.25, 0.3) is 0 Å². The number of benzene rings is 2. The van der Waals surface area contributed by atoms with Crippen molar-refractivity contribution in [2.45, 2.75) is 32.8 Å². The topological polar surface area (TPSA) is 55.8 Å². The van der Waals surface area contributed by atoms with Crippen molar-refractivity contribution in [1.82, 2.24) is 4.90 Å². The standard InChI is InChI=1S/C22H25NO4/c1-22(2,3)27-21(25)23-12-10-15(11-13-23)18-7-5-6-16-14-17(20(24)26-4)8-9-19(16)18/h5-10,14H,11-13H2,1-4H3. The summed E-state index contributed by atoms with van der Waals surface area (Å²) in [6.07, 6.45) is 2.56. The molecule has 1 heterocycles. The van der Waals surface area contributed by atoms with Crippen LogP contribution in [-0.4, -0.2) is 42.8 Å². The van der Waals surface area contributed by atoms with Crippen molar-refractivity contribution in [3.05, 3.63) is 53.6 Å². The summed E-state index contributed by atoms with van der Waals surface area (Å²) in [6.45, 7) is 6.76. The molecule has 0 aliphatic carbocycles. The van der Waals surface area contributed by atoms with Crippen LogP contribution in [0.15, 0.2) is 42.5 Å². The molecule has 0 aromatic heterocycles. The lowest BCUT2D eigenvalue weighted by molar-refractivity contribution is 0.0270. The van der Waals surface area contributed by atoms with Crippen LogP contribution in [0.1, 0.15) is 43.1 Å². The molecule has 142 valence electrons. The van der Waals surface area contributed by atoms with Gasteiger partial charge in [-0.1, -0.05) is 30.3 Å². The highest BCUT2D eigenvalue weighted by molar-refractivity contribution is 5.99. The van der Waals surface area contributed by atoms with E-state index < -0.39 is 5.60 Å². The van der Waals surface area contributed by atoms with Gasteiger partial charge in [-0.3, -0.25) is 0 Å². The van der Waals surface area contributed by atoms with Gasteiger partial charge in [0.1, 0.15) is 5.60 Å². The van der Waals surface area contributed by atoms with Crippen molar-refractivity contribution < 1.29 is 19.1 Å². The van der Waals surface area contributed by atoms with Crippen LogP contribution >= 0.6 is 0 Å². The van der Waals surface area contributed by atoms with Gasteiger partial charge in [0.05, 0.1) is 12.7 Å². The molecule has 0 bridgehead atoms. The van der Waals surface area contributed by atoms with Gasteiger partial charge < -0.3 is 14.4 Å². The van der Waals surface area contributed by atoms with E-state index in [4.69, 9.17) is 9.47 Å². The van der Waals surface area contributed by atoms with Crippen molar-refractivity contribution in [1.29, 1.82) is 0 Å². The number of hydrogen-bond donors (Lipinski definition) is 0. The van der Waals surface area contributed by atoms with E-state index in [-0.39, 0.29) is 12.1 Å². The minimum Gasteiger partial charge on any atom is -0.465 e. The number of carbonyl (C=O) groups is 2. The zero-order valence-corrected chi connectivity index (χ0v) is 16.2. The number of amides is 1. The maximum Gasteiger partial charge on any atom is 0.410 e. The number of esters is 1. The Balaban J connectivity index is 1.84. The maximum absolute atomic E-state index is 12.2. The molecular formula is C22H25NO4. The Bertz CT molecular complexity index is 908. The molecule has 2 aromatic carbocycles. The van der Waals surface area contributed by atoms with E-state index in [0.29, 0.717) is 18.7 Å². The molecule has 0 saturated heterocycles. The molecule has 0 atom stereocenters. The fourth-order valence-corrected chi connectivity index (χ4v) is 3.21. The molecular weight excluding hydrogens is 342 g/mol. The number of fused-ring (bicyclic) bond motifs is 1. The molecule has 3 rings (SSSR count). The number of rotatable bonds is 2. The SMILES string of the molecule is COC(=O)c1ccc2c(C3=CCN(C(=O)OC(C)(C)C)CC3)cccc2c1. The van der Waals surface area contributed by atoms with Gasteiger partial charge in [-0.25, -0.2) is 9.59 Å². The zero-order chi connectivity index (χ0) is 19.6. The number of hydrogen-bond acceptors (Lipinski definition) is 4. The highest BCUT2D eigenvalue weighted by Crippen LogP contribution is 2.30. The highest BCUT2D eigenvalue weighted by Gasteiger charge is 2.24. The quantitative estimate of drug-likeness (QED) is 0.725. The molecule has 0 spiro atoms. The first kappa shape index (κ1) is 19.0. The number of ether oxygens (including phenoxy) is 2. The first-order chi connectivity index (χ1) is 12.8. The fourth-order valence-electron chi connectivity index (χ4n) is 3.21. The summed E-state index contributed by atoms with van der Waals surface area (Å²) in [7, 11) is 1.38. The van der Waals surface area contributed by atoms with Crippen LogP contribution in [0, 0.1) is 0 Å². The Labute approximate surface area is 159 Å². The summed E-state index contributed by atoms with van der Waals surface area (Å²) in [5.41, 5.74) is 2.38. The molecule has 5 heteroatoms. The average Bonchev–Trinajstić information content (AvgIpc) is 2.65. The van der Waals surface area contributed by atoms with Crippen molar-refractivity contribution in [3.8, 4) is 0 Å². The lowest BCUT2D eigenvalue weighted by atomic mass is 9.93. The molecule has 0 unspecified atom stereocenters. The second kappa shape index (κ2) is 7.43. The summed E-state index contributed by atoms with van der Waals surface area (Å²) in [5.74, 6) is -0.341. The average molecular weight is 367 g/mol. The van der Waals surface area contributed by atoms with Crippen LogP contribution in [-0.2, 0) is 9.47 Å². The highest BCUT2D eigenvalue weighted by atomic mass is 16.6. The minimum atomic E-state index is -0.492. The van der Waals surface area contributed by atoms with E-state index in [2.05, 4.69) is 12.1 Å². The zero-order valence-electron chi connectivity index (χ0n) is 16.2. The monoisotopic (exact) mass is 367 g/mol. The van der Waals surface area contributed by atoms with Gasteiger partial charge in [-0.2, -0.15) is 0 Å². The van der Waals surface area contributed by atoms with Crippen LogP contribution in [0.5, 0.6) is 0 Å². The lowest BCUT2D eigenvalue weighted by Crippen LogP contribution is -2.39. The molecule has 1 aliphatic rings. The third kappa shape index (κ3) is 4.30. The van der Waals surface area contributed by atoms with Crippen LogP contribution in [0.4, 0.5) is 4.79 Å². The summed E-state index contributed by atoms with van der Waals surface area (Å²) < 4.78 is 10.2. The van der Waals surface area contributed by atoms with Gasteiger partial charge in [0, 0.05) is 13.1 Å². The molecule has 2 aromatic rings. The second-order valence-electron chi connectivity index (χ2n) is 7.64. The molecule has 1 amide bonds. The molecule has 1 aliphatic heterocycles. The third-order valence-corrected chi connectivity index (χ3v) is 4.51. The van der Waals surface area contributed by atoms with E-state index in [1.165, 1.54) is 12.7 Å². The lowest BCUT2D eigenvalue weighted by Gasteiger charge is -2.30. The molecule has 0 saturated carbocycles. The fraction of sp³-hybridized carbons (Fsp3) is 0.364. The number of nitrogens with zero attached hydrogens (tertiary/aromatic N) is 1. The van der Waals surface area contributed by atoms with Crippen molar-refractivity contribution >= 4 is 28.4 Å². The van der Waals surface area contributed by atoms with Crippen LogP contribution in [0.3, 0.4) is 0 Å². The molecule has 5 nitrogen and oxygen atoms in total. The second-order valence-corrected chi connectivity index (χ2v) is 7.64. The first-order valence-electron chi connectivity index (χ1n) is 9.07. The summed E-state index contributed by atoms with van der Waals surface area (Å²) in [4.78, 5) is 25.7. The van der Waals surface area contributed by atoms with Crippen molar-refractivity contribution in [2.75, 3.05) is 20.2 Å². The molecule has 27 heavy (non-hydrogen) atoms. The summed E-state index contributed by atoms with van der Waals surface area (Å²) >= 11 is 0. The van der Waals surface area contributed by atoms with Gasteiger partial charge in [0.2, 0.25) is 0 Å². The van der Waals surface area contributed by atoms with E-state index in [1.54, 1.807) is 11.0 Å². The van der Waals surface area contributed by atoms with E-state index in [9.17, 15) is 9.59 Å². The van der Waals surface area contributed by atoms with Crippen LogP contribution < -0.4 is 0 Å². The molecule has 0 fully saturated rings. The Morgan fingerprint density at radius 1 is 1.11 bits per heavy atom. The molecule has 0 radical (unpaired) electrons. The largest absolute Gasteiger partial charge is 0.465 e. The summed E-state index contributed by atoms with van der Waals surface area (Å²) in [6, 6.07) is 11.6. The van der Waals surface area contributed by atoms with E-state index in [0.717, 1.165) is 22.8 Å². The maximum atomic E-state index is 12.2. The summed E-state index contributed by atoms with van der Waals surface area (Å²) in [5, 5.41) is 2.08. The Morgan fingerprint density at radius 2 is 1.89 bits per heavy atom. The van der Waals surface area contributed by atoms with E-state index >= 15 is 0 Å². The minimum absolute atomic E-state index is 0.279. The van der Waals surface area contributed by atoms with Crippen LogP contribution in [0.2, 0.25) is 0 Å². The predicted octanol–water partition coefficient (Wildman–Crippen LogP) is 4.65. The first-order valence-corrected chi connectivity index (χ1v) is 9.07. The number of methoxy groups -OCH3 is 1. The predicted molar refractivity (Wildman–Crippen MR) is 106 cm³/mol. The van der Waals surface area contributed by atoms with Gasteiger partial charge in [-0.15, -0.1) is 0 Å². The van der Waals surface area contributed by atoms with Crippen molar-refractivity contribution in [3.63, 3.8) is 0 Å². The van der Waals surface area contributed by atoms with Crippen molar-refractivity contribution in [2.24, 2.45) is 0 Å². The Hall–Kier alpha value is -2.82. The van der Waals surface area contributed by atoms with E-state index in [1.807, 2.05) is 45.0 Å². The smallest absolute Gasteiger partial charge is 0.410 e.